The molecule has 1 heterocycles. The molecule has 0 bridgehead atoms. The molecule has 0 unspecified atom stereocenters. The van der Waals surface area contributed by atoms with Gasteiger partial charge >= 0.3 is 0 Å². The first-order valence-corrected chi connectivity index (χ1v) is 4.67. The minimum Gasteiger partial charge on any atom is -0.494 e. The molecule has 0 amide bonds. The number of halogens is 2. The molecule has 0 aliphatic carbocycles. The van der Waals surface area contributed by atoms with Crippen LogP contribution in [0.4, 0.5) is 5.69 Å². The van der Waals surface area contributed by atoms with Crippen molar-refractivity contribution in [3.63, 3.8) is 0 Å². The molecule has 0 atom stereocenters. The summed E-state index contributed by atoms with van der Waals surface area (Å²) >= 11 is 0. The standard InChI is InChI=1S/C11H13N3O.2ClH/c1-7-6-9(14-12)8-4-3-5-10(15-2)11(8)13-7;;/h3-6H,12H2,1-2H3,(H,13,14);2*1H. The SMILES string of the molecule is COc1cccc2c(NN)cc(C)nc12.Cl.Cl. The van der Waals surface area contributed by atoms with Crippen molar-refractivity contribution in [2.75, 3.05) is 12.5 Å². The molecule has 6 heteroatoms. The maximum atomic E-state index is 5.46. The van der Waals surface area contributed by atoms with E-state index in [1.165, 1.54) is 0 Å². The van der Waals surface area contributed by atoms with Gasteiger partial charge in [0.15, 0.2) is 0 Å². The topological polar surface area (TPSA) is 60.2 Å². The summed E-state index contributed by atoms with van der Waals surface area (Å²) in [6.45, 7) is 1.92. The van der Waals surface area contributed by atoms with E-state index in [1.54, 1.807) is 7.11 Å². The molecule has 0 aliphatic rings. The van der Waals surface area contributed by atoms with Gasteiger partial charge in [-0.3, -0.25) is 5.84 Å². The number of ether oxygens (including phenoxy) is 1. The zero-order valence-corrected chi connectivity index (χ0v) is 11.2. The number of para-hydroxylation sites is 1. The lowest BCUT2D eigenvalue weighted by Gasteiger charge is -2.09. The van der Waals surface area contributed by atoms with E-state index in [0.717, 1.165) is 28.0 Å². The molecular formula is C11H15Cl2N3O. The molecule has 94 valence electrons. The Kier molecular flexibility index (Phi) is 6.02. The number of nitrogens with one attached hydrogen (secondary N) is 1. The second kappa shape index (κ2) is 6.49. The van der Waals surface area contributed by atoms with Crippen molar-refractivity contribution in [2.24, 2.45) is 5.84 Å². The fraction of sp³-hybridized carbons (Fsp3) is 0.182. The normalized spacial score (nSPS) is 9.12. The van der Waals surface area contributed by atoms with Crippen molar-refractivity contribution in [3.8, 4) is 5.75 Å². The summed E-state index contributed by atoms with van der Waals surface area (Å²) in [6, 6.07) is 7.66. The molecule has 2 rings (SSSR count). The van der Waals surface area contributed by atoms with E-state index in [9.17, 15) is 0 Å². The van der Waals surface area contributed by atoms with Crippen molar-refractivity contribution in [1.82, 2.24) is 4.98 Å². The summed E-state index contributed by atoms with van der Waals surface area (Å²) in [5, 5.41) is 0.961. The van der Waals surface area contributed by atoms with Crippen LogP contribution in [0.5, 0.6) is 5.75 Å². The maximum absolute atomic E-state index is 5.46. The van der Waals surface area contributed by atoms with Gasteiger partial charge in [0.2, 0.25) is 0 Å². The van der Waals surface area contributed by atoms with Gasteiger partial charge < -0.3 is 10.2 Å². The number of fused-ring (bicyclic) bond motifs is 1. The van der Waals surface area contributed by atoms with E-state index in [1.807, 2.05) is 31.2 Å². The van der Waals surface area contributed by atoms with Gasteiger partial charge in [-0.1, -0.05) is 12.1 Å². The van der Waals surface area contributed by atoms with Gasteiger partial charge in [-0.15, -0.1) is 24.8 Å². The zero-order chi connectivity index (χ0) is 10.8. The van der Waals surface area contributed by atoms with Crippen LogP contribution < -0.4 is 16.0 Å². The molecule has 0 saturated carbocycles. The van der Waals surface area contributed by atoms with E-state index < -0.39 is 0 Å². The molecule has 0 spiro atoms. The molecular weight excluding hydrogens is 261 g/mol. The highest BCUT2D eigenvalue weighted by Crippen LogP contribution is 2.29. The molecule has 0 radical (unpaired) electrons. The van der Waals surface area contributed by atoms with E-state index in [0.29, 0.717) is 0 Å². The predicted octanol–water partition coefficient (Wildman–Crippen LogP) is 2.68. The van der Waals surface area contributed by atoms with Crippen molar-refractivity contribution in [1.29, 1.82) is 0 Å². The lowest BCUT2D eigenvalue weighted by atomic mass is 10.1. The summed E-state index contributed by atoms with van der Waals surface area (Å²) < 4.78 is 5.25. The number of nitrogen functional groups attached to an aromatic ring is 1. The summed E-state index contributed by atoms with van der Waals surface area (Å²) in [6.07, 6.45) is 0. The Balaban J connectivity index is 0.00000128. The third-order valence-electron chi connectivity index (χ3n) is 2.31. The molecule has 1 aromatic carbocycles. The number of anilines is 1. The number of benzene rings is 1. The van der Waals surface area contributed by atoms with Crippen LogP contribution in [0.25, 0.3) is 10.9 Å². The smallest absolute Gasteiger partial charge is 0.145 e. The Morgan fingerprint density at radius 3 is 2.59 bits per heavy atom. The van der Waals surface area contributed by atoms with Crippen molar-refractivity contribution in [2.45, 2.75) is 6.92 Å². The van der Waals surface area contributed by atoms with Crippen molar-refractivity contribution >= 4 is 41.4 Å². The Labute approximate surface area is 112 Å². The maximum Gasteiger partial charge on any atom is 0.145 e. The molecule has 0 aliphatic heterocycles. The monoisotopic (exact) mass is 275 g/mol. The fourth-order valence-electron chi connectivity index (χ4n) is 1.63. The number of hydrogen-bond donors (Lipinski definition) is 2. The molecule has 3 N–H and O–H groups in total. The largest absolute Gasteiger partial charge is 0.494 e. The number of hydrazine groups is 1. The summed E-state index contributed by atoms with van der Waals surface area (Å²) in [4.78, 5) is 4.43. The number of aryl methyl sites for hydroxylation is 1. The van der Waals surface area contributed by atoms with Gasteiger partial charge in [0.25, 0.3) is 0 Å². The van der Waals surface area contributed by atoms with Crippen LogP contribution in [0, 0.1) is 6.92 Å². The number of rotatable bonds is 2. The highest BCUT2D eigenvalue weighted by Gasteiger charge is 2.06. The van der Waals surface area contributed by atoms with Crippen molar-refractivity contribution < 1.29 is 4.74 Å². The number of nitrogens with two attached hydrogens (primary N) is 1. The van der Waals surface area contributed by atoms with Crippen molar-refractivity contribution in [3.05, 3.63) is 30.0 Å². The third-order valence-corrected chi connectivity index (χ3v) is 2.31. The average Bonchev–Trinajstić information content (AvgIpc) is 2.27. The fourth-order valence-corrected chi connectivity index (χ4v) is 1.63. The first kappa shape index (κ1) is 15.8. The van der Waals surface area contributed by atoms with E-state index >= 15 is 0 Å². The molecule has 17 heavy (non-hydrogen) atoms. The second-order valence-corrected chi connectivity index (χ2v) is 3.31. The Morgan fingerprint density at radius 1 is 1.29 bits per heavy atom. The minimum atomic E-state index is 0. The predicted molar refractivity (Wildman–Crippen MR) is 75.3 cm³/mol. The number of pyridine rings is 1. The van der Waals surface area contributed by atoms with Crippen LogP contribution in [0.2, 0.25) is 0 Å². The number of nitrogens with zero attached hydrogens (tertiary/aromatic N) is 1. The number of aromatic nitrogens is 1. The highest BCUT2D eigenvalue weighted by atomic mass is 35.5. The van der Waals surface area contributed by atoms with Gasteiger partial charge in [-0.05, 0) is 19.1 Å². The average molecular weight is 276 g/mol. The van der Waals surface area contributed by atoms with E-state index in [2.05, 4.69) is 10.4 Å². The second-order valence-electron chi connectivity index (χ2n) is 3.31. The van der Waals surface area contributed by atoms with Crippen LogP contribution in [-0.2, 0) is 0 Å². The van der Waals surface area contributed by atoms with Gasteiger partial charge in [0.05, 0.1) is 12.8 Å². The van der Waals surface area contributed by atoms with E-state index in [4.69, 9.17) is 10.6 Å². The lowest BCUT2D eigenvalue weighted by Crippen LogP contribution is -2.08. The first-order valence-electron chi connectivity index (χ1n) is 4.67. The van der Waals surface area contributed by atoms with Gasteiger partial charge in [-0.25, -0.2) is 4.98 Å². The quantitative estimate of drug-likeness (QED) is 0.654. The van der Waals surface area contributed by atoms with Gasteiger partial charge in [0, 0.05) is 11.1 Å². The first-order chi connectivity index (χ1) is 7.26. The molecule has 1 aromatic heterocycles. The molecule has 4 nitrogen and oxygen atoms in total. The van der Waals surface area contributed by atoms with Crippen LogP contribution in [-0.4, -0.2) is 12.1 Å². The zero-order valence-electron chi connectivity index (χ0n) is 9.56. The minimum absolute atomic E-state index is 0. The van der Waals surface area contributed by atoms with Gasteiger partial charge in [0.1, 0.15) is 11.3 Å². The third kappa shape index (κ3) is 2.91. The lowest BCUT2D eigenvalue weighted by molar-refractivity contribution is 0.419. The molecule has 0 fully saturated rings. The number of hydrogen-bond acceptors (Lipinski definition) is 4. The molecule has 0 saturated heterocycles. The Hall–Kier alpha value is -1.23. The summed E-state index contributed by atoms with van der Waals surface area (Å²) in [7, 11) is 1.63. The summed E-state index contributed by atoms with van der Waals surface area (Å²) in [5.41, 5.74) is 5.25. The summed E-state index contributed by atoms with van der Waals surface area (Å²) in [5.74, 6) is 6.21. The van der Waals surface area contributed by atoms with Crippen LogP contribution in [0.1, 0.15) is 5.69 Å². The van der Waals surface area contributed by atoms with Crippen LogP contribution in [0.15, 0.2) is 24.3 Å². The van der Waals surface area contributed by atoms with Crippen LogP contribution >= 0.6 is 24.8 Å². The van der Waals surface area contributed by atoms with Crippen LogP contribution in [0.3, 0.4) is 0 Å². The Bertz CT molecular complexity index is 505. The van der Waals surface area contributed by atoms with Gasteiger partial charge in [-0.2, -0.15) is 0 Å². The highest BCUT2D eigenvalue weighted by molar-refractivity contribution is 5.94. The Morgan fingerprint density at radius 2 is 2.00 bits per heavy atom. The number of methoxy groups -OCH3 is 1. The van der Waals surface area contributed by atoms with E-state index in [-0.39, 0.29) is 24.8 Å². The molecule has 2 aromatic rings.